The van der Waals surface area contributed by atoms with Crippen LogP contribution in [0.4, 0.5) is 13.2 Å². The highest BCUT2D eigenvalue weighted by atomic mass is 19.4. The lowest BCUT2D eigenvalue weighted by molar-refractivity contribution is -0.137. The largest absolute Gasteiger partial charge is 0.416 e. The van der Waals surface area contributed by atoms with Crippen LogP contribution in [0.15, 0.2) is 30.5 Å². The van der Waals surface area contributed by atoms with Crippen LogP contribution in [0.2, 0.25) is 0 Å². The molecule has 0 unspecified atom stereocenters. The van der Waals surface area contributed by atoms with Crippen LogP contribution in [-0.2, 0) is 12.8 Å². The Hall–Kier alpha value is -1.82. The summed E-state index contributed by atoms with van der Waals surface area (Å²) in [6, 6.07) is 4.87. The molecule has 0 aliphatic rings. The molecule has 6 heteroatoms. The molecular formula is C12H11F3N2O. The van der Waals surface area contributed by atoms with Crippen LogP contribution in [0, 0.1) is 6.92 Å². The minimum absolute atomic E-state index is 0.237. The van der Waals surface area contributed by atoms with Crippen molar-refractivity contribution in [2.75, 3.05) is 0 Å². The third-order valence-electron chi connectivity index (χ3n) is 2.55. The van der Waals surface area contributed by atoms with Crippen molar-refractivity contribution in [3.63, 3.8) is 0 Å². The lowest BCUT2D eigenvalue weighted by Gasteiger charge is -2.12. The number of nitrogens with zero attached hydrogens (tertiary/aromatic N) is 2. The van der Waals surface area contributed by atoms with Gasteiger partial charge in [0.15, 0.2) is 0 Å². The summed E-state index contributed by atoms with van der Waals surface area (Å²) < 4.78 is 39.2. The summed E-state index contributed by atoms with van der Waals surface area (Å²) in [7, 11) is 0. The Labute approximate surface area is 101 Å². The molecule has 0 spiro atoms. The van der Waals surface area contributed by atoms with Crippen LogP contribution in [0.25, 0.3) is 5.69 Å². The Balaban J connectivity index is 2.56. The SMILES string of the molecule is Cc1ccn(-c2cc(C(F)(F)F)ccc2CO)n1. The molecule has 0 bridgehead atoms. The molecule has 2 rings (SSSR count). The highest BCUT2D eigenvalue weighted by Crippen LogP contribution is 2.31. The number of aromatic nitrogens is 2. The van der Waals surface area contributed by atoms with Crippen LogP contribution in [0.1, 0.15) is 16.8 Å². The molecule has 1 aromatic carbocycles. The van der Waals surface area contributed by atoms with Crippen molar-refractivity contribution in [3.05, 3.63) is 47.3 Å². The van der Waals surface area contributed by atoms with E-state index in [4.69, 9.17) is 5.11 Å². The summed E-state index contributed by atoms with van der Waals surface area (Å²) in [6.07, 6.45) is -2.85. The van der Waals surface area contributed by atoms with Gasteiger partial charge in [-0.2, -0.15) is 18.3 Å². The van der Waals surface area contributed by atoms with Gasteiger partial charge in [-0.25, -0.2) is 4.68 Å². The van der Waals surface area contributed by atoms with Gasteiger partial charge in [0.25, 0.3) is 0 Å². The number of aryl methyl sites for hydroxylation is 1. The molecule has 2 aromatic rings. The fourth-order valence-electron chi connectivity index (χ4n) is 1.64. The van der Waals surface area contributed by atoms with E-state index < -0.39 is 11.7 Å². The molecule has 0 radical (unpaired) electrons. The van der Waals surface area contributed by atoms with Gasteiger partial charge in [-0.15, -0.1) is 0 Å². The van der Waals surface area contributed by atoms with Crippen molar-refractivity contribution >= 4 is 0 Å². The second-order valence-electron chi connectivity index (χ2n) is 3.90. The monoisotopic (exact) mass is 256 g/mol. The lowest BCUT2D eigenvalue weighted by atomic mass is 10.1. The first-order chi connectivity index (χ1) is 8.41. The average molecular weight is 256 g/mol. The molecule has 0 atom stereocenters. The first-order valence-corrected chi connectivity index (χ1v) is 5.25. The second kappa shape index (κ2) is 4.45. The Morgan fingerprint density at radius 3 is 2.50 bits per heavy atom. The van der Waals surface area contributed by atoms with Crippen molar-refractivity contribution in [1.82, 2.24) is 9.78 Å². The molecule has 1 heterocycles. The van der Waals surface area contributed by atoms with Gasteiger partial charge >= 0.3 is 6.18 Å². The molecule has 0 aliphatic carbocycles. The summed E-state index contributed by atoms with van der Waals surface area (Å²) in [5, 5.41) is 13.2. The van der Waals surface area contributed by atoms with E-state index in [0.717, 1.165) is 12.1 Å². The van der Waals surface area contributed by atoms with Crippen LogP contribution in [0.3, 0.4) is 0 Å². The number of halogens is 3. The maximum absolute atomic E-state index is 12.6. The van der Waals surface area contributed by atoms with Crippen LogP contribution < -0.4 is 0 Å². The minimum Gasteiger partial charge on any atom is -0.392 e. The maximum Gasteiger partial charge on any atom is 0.416 e. The predicted molar refractivity (Wildman–Crippen MR) is 59.2 cm³/mol. The van der Waals surface area contributed by atoms with Crippen molar-refractivity contribution in [2.45, 2.75) is 19.7 Å². The topological polar surface area (TPSA) is 38.0 Å². The van der Waals surface area contributed by atoms with Gasteiger partial charge in [0.05, 0.1) is 23.6 Å². The summed E-state index contributed by atoms with van der Waals surface area (Å²) >= 11 is 0. The zero-order valence-electron chi connectivity index (χ0n) is 9.57. The van der Waals surface area contributed by atoms with E-state index in [1.807, 2.05) is 0 Å². The first kappa shape index (κ1) is 12.6. The Morgan fingerprint density at radius 1 is 1.28 bits per heavy atom. The minimum atomic E-state index is -4.41. The smallest absolute Gasteiger partial charge is 0.392 e. The second-order valence-corrected chi connectivity index (χ2v) is 3.90. The summed E-state index contributed by atoms with van der Waals surface area (Å²) in [4.78, 5) is 0. The van der Waals surface area contributed by atoms with Gasteiger partial charge in [0.2, 0.25) is 0 Å². The number of aliphatic hydroxyl groups is 1. The summed E-state index contributed by atoms with van der Waals surface area (Å²) in [6.45, 7) is 1.40. The van der Waals surface area contributed by atoms with Crippen LogP contribution >= 0.6 is 0 Å². The maximum atomic E-state index is 12.6. The van der Waals surface area contributed by atoms with E-state index in [1.165, 1.54) is 10.7 Å². The molecule has 18 heavy (non-hydrogen) atoms. The van der Waals surface area contributed by atoms with E-state index >= 15 is 0 Å². The van der Waals surface area contributed by atoms with E-state index in [9.17, 15) is 13.2 Å². The number of aliphatic hydroxyl groups excluding tert-OH is 1. The van der Waals surface area contributed by atoms with Gasteiger partial charge in [-0.1, -0.05) is 6.07 Å². The number of rotatable bonds is 2. The highest BCUT2D eigenvalue weighted by molar-refractivity contribution is 5.44. The zero-order chi connectivity index (χ0) is 13.3. The fourth-order valence-corrected chi connectivity index (χ4v) is 1.64. The average Bonchev–Trinajstić information content (AvgIpc) is 2.73. The molecule has 1 N–H and O–H groups in total. The Bertz CT molecular complexity index is 561. The third-order valence-corrected chi connectivity index (χ3v) is 2.55. The molecule has 3 nitrogen and oxygen atoms in total. The summed E-state index contributed by atoms with van der Waals surface area (Å²) in [5.74, 6) is 0. The Morgan fingerprint density at radius 2 is 2.00 bits per heavy atom. The normalized spacial score (nSPS) is 11.8. The van der Waals surface area contributed by atoms with Crippen molar-refractivity contribution in [3.8, 4) is 5.69 Å². The molecular weight excluding hydrogens is 245 g/mol. The molecule has 96 valence electrons. The van der Waals surface area contributed by atoms with Crippen molar-refractivity contribution < 1.29 is 18.3 Å². The van der Waals surface area contributed by atoms with Crippen LogP contribution in [0.5, 0.6) is 0 Å². The number of benzene rings is 1. The van der Waals surface area contributed by atoms with Gasteiger partial charge in [0.1, 0.15) is 0 Å². The summed E-state index contributed by atoms with van der Waals surface area (Å²) in [5.41, 5.74) is 0.561. The predicted octanol–water partition coefficient (Wildman–Crippen LogP) is 2.69. The van der Waals surface area contributed by atoms with Gasteiger partial charge in [-0.3, -0.25) is 0 Å². The van der Waals surface area contributed by atoms with Gasteiger partial charge in [-0.05, 0) is 25.1 Å². The van der Waals surface area contributed by atoms with E-state index in [1.54, 1.807) is 19.2 Å². The first-order valence-electron chi connectivity index (χ1n) is 5.25. The lowest BCUT2D eigenvalue weighted by Crippen LogP contribution is -2.08. The van der Waals surface area contributed by atoms with E-state index in [0.29, 0.717) is 11.3 Å². The fraction of sp³-hybridized carbons (Fsp3) is 0.250. The molecule has 0 fully saturated rings. The number of hydrogen-bond donors (Lipinski definition) is 1. The van der Waals surface area contributed by atoms with Crippen molar-refractivity contribution in [2.24, 2.45) is 0 Å². The van der Waals surface area contributed by atoms with Crippen LogP contribution in [-0.4, -0.2) is 14.9 Å². The highest BCUT2D eigenvalue weighted by Gasteiger charge is 2.31. The van der Waals surface area contributed by atoms with Crippen molar-refractivity contribution in [1.29, 1.82) is 0 Å². The molecule has 0 amide bonds. The molecule has 0 aliphatic heterocycles. The standard InChI is InChI=1S/C12H11F3N2O/c1-8-4-5-17(16-8)11-6-10(12(13,14)15)3-2-9(11)7-18/h2-6,18H,7H2,1H3. The van der Waals surface area contributed by atoms with E-state index in [-0.39, 0.29) is 12.3 Å². The van der Waals surface area contributed by atoms with Gasteiger partial charge < -0.3 is 5.11 Å². The Kier molecular flexibility index (Phi) is 3.13. The number of hydrogen-bond acceptors (Lipinski definition) is 2. The zero-order valence-corrected chi connectivity index (χ0v) is 9.57. The molecule has 0 saturated carbocycles. The van der Waals surface area contributed by atoms with Gasteiger partial charge in [0, 0.05) is 11.8 Å². The third kappa shape index (κ3) is 2.38. The number of alkyl halides is 3. The van der Waals surface area contributed by atoms with E-state index in [2.05, 4.69) is 5.10 Å². The molecule has 0 saturated heterocycles. The quantitative estimate of drug-likeness (QED) is 0.897. The molecule has 1 aromatic heterocycles.